The van der Waals surface area contributed by atoms with Crippen LogP contribution in [0.1, 0.15) is 28.6 Å². The standard InChI is InChI=1S/C15H15ClN2OS/c1-9-18-12(8-20-9)7-17-15(19)14-6-13(14)10-2-4-11(16)5-3-10/h2-5,8,13-14H,6-7H2,1H3,(H,17,19)/t13-,14-/m1/s1. The Labute approximate surface area is 127 Å². The number of amides is 1. The van der Waals surface area contributed by atoms with Gasteiger partial charge in [0.05, 0.1) is 17.2 Å². The van der Waals surface area contributed by atoms with Crippen LogP contribution in [0.25, 0.3) is 0 Å². The van der Waals surface area contributed by atoms with E-state index < -0.39 is 0 Å². The summed E-state index contributed by atoms with van der Waals surface area (Å²) in [4.78, 5) is 16.4. The Morgan fingerprint density at radius 2 is 2.20 bits per heavy atom. The Kier molecular flexibility index (Phi) is 3.76. The molecule has 0 saturated heterocycles. The van der Waals surface area contributed by atoms with Crippen molar-refractivity contribution in [1.82, 2.24) is 10.3 Å². The van der Waals surface area contributed by atoms with Crippen molar-refractivity contribution in [2.45, 2.75) is 25.8 Å². The van der Waals surface area contributed by atoms with E-state index in [9.17, 15) is 4.79 Å². The Morgan fingerprint density at radius 1 is 1.45 bits per heavy atom. The predicted molar refractivity (Wildman–Crippen MR) is 81.0 cm³/mol. The number of carbonyl (C=O) groups is 1. The van der Waals surface area contributed by atoms with Crippen molar-refractivity contribution in [3.63, 3.8) is 0 Å². The first-order valence-electron chi connectivity index (χ1n) is 6.57. The molecule has 2 aromatic rings. The summed E-state index contributed by atoms with van der Waals surface area (Å²) < 4.78 is 0. The van der Waals surface area contributed by atoms with E-state index >= 15 is 0 Å². The van der Waals surface area contributed by atoms with Crippen LogP contribution in [-0.2, 0) is 11.3 Å². The molecule has 0 bridgehead atoms. The molecule has 0 spiro atoms. The van der Waals surface area contributed by atoms with E-state index in [0.717, 1.165) is 22.1 Å². The minimum Gasteiger partial charge on any atom is -0.350 e. The van der Waals surface area contributed by atoms with Gasteiger partial charge in [0.15, 0.2) is 0 Å². The average molecular weight is 307 g/mol. The molecule has 1 amide bonds. The molecule has 1 saturated carbocycles. The van der Waals surface area contributed by atoms with Crippen LogP contribution in [0.4, 0.5) is 0 Å². The Balaban J connectivity index is 1.53. The maximum absolute atomic E-state index is 12.1. The van der Waals surface area contributed by atoms with Crippen molar-refractivity contribution in [3.05, 3.63) is 50.9 Å². The third-order valence-electron chi connectivity index (χ3n) is 3.54. The van der Waals surface area contributed by atoms with Gasteiger partial charge in [0.2, 0.25) is 5.91 Å². The Bertz CT molecular complexity index is 623. The summed E-state index contributed by atoms with van der Waals surface area (Å²) >= 11 is 7.47. The van der Waals surface area contributed by atoms with Crippen molar-refractivity contribution in [3.8, 4) is 0 Å². The fourth-order valence-corrected chi connectivity index (χ4v) is 3.10. The SMILES string of the molecule is Cc1nc(CNC(=O)[C@@H]2C[C@@H]2c2ccc(Cl)cc2)cs1. The number of carbonyl (C=O) groups excluding carboxylic acids is 1. The molecule has 0 radical (unpaired) electrons. The van der Waals surface area contributed by atoms with E-state index in [4.69, 9.17) is 11.6 Å². The summed E-state index contributed by atoms with van der Waals surface area (Å²) in [5.74, 6) is 0.552. The van der Waals surface area contributed by atoms with Gasteiger partial charge in [-0.05, 0) is 37.0 Å². The highest BCUT2D eigenvalue weighted by atomic mass is 35.5. The van der Waals surface area contributed by atoms with Crippen LogP contribution in [0.2, 0.25) is 5.02 Å². The number of aromatic nitrogens is 1. The third kappa shape index (κ3) is 3.02. The number of benzene rings is 1. The number of halogens is 1. The molecule has 0 unspecified atom stereocenters. The lowest BCUT2D eigenvalue weighted by atomic mass is 10.1. The number of rotatable bonds is 4. The molecule has 0 aliphatic heterocycles. The predicted octanol–water partition coefficient (Wildman–Crippen LogP) is 3.52. The van der Waals surface area contributed by atoms with Crippen molar-refractivity contribution in [1.29, 1.82) is 0 Å². The molecular weight excluding hydrogens is 292 g/mol. The molecule has 1 aromatic heterocycles. The normalized spacial score (nSPS) is 20.7. The Morgan fingerprint density at radius 3 is 2.85 bits per heavy atom. The second kappa shape index (κ2) is 5.54. The average Bonchev–Trinajstić information content (AvgIpc) is 3.13. The molecule has 1 aliphatic carbocycles. The molecule has 2 atom stereocenters. The molecule has 3 rings (SSSR count). The van der Waals surface area contributed by atoms with Crippen LogP contribution in [0.5, 0.6) is 0 Å². The molecule has 1 N–H and O–H groups in total. The van der Waals surface area contributed by atoms with Gasteiger partial charge in [0.25, 0.3) is 0 Å². The van der Waals surface area contributed by atoms with Gasteiger partial charge in [-0.2, -0.15) is 0 Å². The molecule has 1 aromatic carbocycles. The van der Waals surface area contributed by atoms with Crippen LogP contribution in [-0.4, -0.2) is 10.9 Å². The van der Waals surface area contributed by atoms with Gasteiger partial charge in [0.1, 0.15) is 0 Å². The van der Waals surface area contributed by atoms with Crippen molar-refractivity contribution in [2.24, 2.45) is 5.92 Å². The maximum atomic E-state index is 12.1. The highest BCUT2D eigenvalue weighted by Crippen LogP contribution is 2.47. The first-order valence-corrected chi connectivity index (χ1v) is 7.83. The molecule has 20 heavy (non-hydrogen) atoms. The molecular formula is C15H15ClN2OS. The van der Waals surface area contributed by atoms with E-state index in [1.54, 1.807) is 11.3 Å². The molecule has 1 fully saturated rings. The number of nitrogens with one attached hydrogen (secondary N) is 1. The van der Waals surface area contributed by atoms with E-state index in [2.05, 4.69) is 10.3 Å². The number of thiazole rings is 1. The second-order valence-corrected chi connectivity index (χ2v) is 6.57. The summed E-state index contributed by atoms with van der Waals surface area (Å²) in [5, 5.41) is 6.71. The van der Waals surface area contributed by atoms with Gasteiger partial charge in [-0.25, -0.2) is 4.98 Å². The van der Waals surface area contributed by atoms with Crippen LogP contribution < -0.4 is 5.32 Å². The van der Waals surface area contributed by atoms with Crippen LogP contribution in [0.15, 0.2) is 29.6 Å². The van der Waals surface area contributed by atoms with Gasteiger partial charge < -0.3 is 5.32 Å². The summed E-state index contributed by atoms with van der Waals surface area (Å²) in [5.41, 5.74) is 2.13. The lowest BCUT2D eigenvalue weighted by Crippen LogP contribution is -2.25. The van der Waals surface area contributed by atoms with Crippen molar-refractivity contribution >= 4 is 28.8 Å². The Hall–Kier alpha value is -1.39. The monoisotopic (exact) mass is 306 g/mol. The van der Waals surface area contributed by atoms with Gasteiger partial charge in [0, 0.05) is 16.3 Å². The summed E-state index contributed by atoms with van der Waals surface area (Å²) in [6.07, 6.45) is 0.920. The third-order valence-corrected chi connectivity index (χ3v) is 4.61. The van der Waals surface area contributed by atoms with Gasteiger partial charge in [-0.15, -0.1) is 11.3 Å². The number of aryl methyl sites for hydroxylation is 1. The smallest absolute Gasteiger partial charge is 0.224 e. The first kappa shape index (κ1) is 13.6. The number of nitrogens with zero attached hydrogens (tertiary/aromatic N) is 1. The van der Waals surface area contributed by atoms with E-state index in [1.165, 1.54) is 5.56 Å². The summed E-state index contributed by atoms with van der Waals surface area (Å²) in [6, 6.07) is 7.76. The quantitative estimate of drug-likeness (QED) is 0.939. The van der Waals surface area contributed by atoms with Crippen molar-refractivity contribution < 1.29 is 4.79 Å². The minimum absolute atomic E-state index is 0.0934. The highest BCUT2D eigenvalue weighted by Gasteiger charge is 2.43. The van der Waals surface area contributed by atoms with Crippen LogP contribution in [0, 0.1) is 12.8 Å². The van der Waals surface area contributed by atoms with Gasteiger partial charge in [-0.1, -0.05) is 23.7 Å². The zero-order valence-corrected chi connectivity index (χ0v) is 12.7. The zero-order valence-electron chi connectivity index (χ0n) is 11.1. The molecule has 5 heteroatoms. The lowest BCUT2D eigenvalue weighted by molar-refractivity contribution is -0.122. The minimum atomic E-state index is 0.0934. The lowest BCUT2D eigenvalue weighted by Gasteiger charge is -2.03. The zero-order chi connectivity index (χ0) is 14.1. The van der Waals surface area contributed by atoms with E-state index in [0.29, 0.717) is 12.5 Å². The van der Waals surface area contributed by atoms with Crippen molar-refractivity contribution in [2.75, 3.05) is 0 Å². The fraction of sp³-hybridized carbons (Fsp3) is 0.333. The molecule has 3 nitrogen and oxygen atoms in total. The second-order valence-electron chi connectivity index (χ2n) is 5.08. The molecule has 104 valence electrons. The number of hydrogen-bond donors (Lipinski definition) is 1. The molecule has 1 heterocycles. The maximum Gasteiger partial charge on any atom is 0.224 e. The summed E-state index contributed by atoms with van der Waals surface area (Å²) in [6.45, 7) is 2.49. The van der Waals surface area contributed by atoms with E-state index in [-0.39, 0.29) is 11.8 Å². The summed E-state index contributed by atoms with van der Waals surface area (Å²) in [7, 11) is 0. The molecule has 1 aliphatic rings. The van der Waals surface area contributed by atoms with E-state index in [1.807, 2.05) is 36.6 Å². The van der Waals surface area contributed by atoms with Crippen LogP contribution in [0.3, 0.4) is 0 Å². The first-order chi connectivity index (χ1) is 9.63. The van der Waals surface area contributed by atoms with Gasteiger partial charge >= 0.3 is 0 Å². The largest absolute Gasteiger partial charge is 0.350 e. The highest BCUT2D eigenvalue weighted by molar-refractivity contribution is 7.09. The fourth-order valence-electron chi connectivity index (χ4n) is 2.36. The van der Waals surface area contributed by atoms with Gasteiger partial charge in [-0.3, -0.25) is 4.79 Å². The topological polar surface area (TPSA) is 42.0 Å². The number of hydrogen-bond acceptors (Lipinski definition) is 3. The van der Waals surface area contributed by atoms with Crippen LogP contribution >= 0.6 is 22.9 Å².